The number of benzene rings is 1. The standard InChI is InChI=1S/C12H17NO4/c1-7-10(16-2)5-4-8(12(7)17-3)11(15)9(14)6-13/h4-5,9,14H,6,13H2,1-3H3. The van der Waals surface area contributed by atoms with Crippen LogP contribution in [0, 0.1) is 6.92 Å². The molecule has 0 aromatic heterocycles. The number of nitrogens with two attached hydrogens (primary N) is 1. The molecule has 1 aromatic rings. The van der Waals surface area contributed by atoms with Crippen LogP contribution in [0.3, 0.4) is 0 Å². The van der Waals surface area contributed by atoms with Gasteiger partial charge in [0.1, 0.15) is 17.6 Å². The lowest BCUT2D eigenvalue weighted by atomic mass is 10.0. The Hall–Kier alpha value is -1.59. The number of Topliss-reactive ketones (excluding diaryl/α,β-unsaturated/α-hetero) is 1. The summed E-state index contributed by atoms with van der Waals surface area (Å²) >= 11 is 0. The van der Waals surface area contributed by atoms with E-state index in [-0.39, 0.29) is 6.54 Å². The Bertz CT molecular complexity index is 417. The van der Waals surface area contributed by atoms with Crippen molar-refractivity contribution in [2.75, 3.05) is 20.8 Å². The highest BCUT2D eigenvalue weighted by molar-refractivity contribution is 6.02. The van der Waals surface area contributed by atoms with Crippen LogP contribution in [0.25, 0.3) is 0 Å². The highest BCUT2D eigenvalue weighted by atomic mass is 16.5. The second kappa shape index (κ2) is 5.65. The molecule has 3 N–H and O–H groups in total. The Morgan fingerprint density at radius 2 is 2.06 bits per heavy atom. The maximum absolute atomic E-state index is 11.9. The second-order valence-electron chi connectivity index (χ2n) is 3.59. The van der Waals surface area contributed by atoms with E-state index < -0.39 is 11.9 Å². The van der Waals surface area contributed by atoms with Crippen molar-refractivity contribution in [1.82, 2.24) is 0 Å². The van der Waals surface area contributed by atoms with Crippen molar-refractivity contribution >= 4 is 5.78 Å². The lowest BCUT2D eigenvalue weighted by Crippen LogP contribution is -2.29. The van der Waals surface area contributed by atoms with Gasteiger partial charge in [-0.15, -0.1) is 0 Å². The van der Waals surface area contributed by atoms with E-state index in [0.717, 1.165) is 0 Å². The van der Waals surface area contributed by atoms with Gasteiger partial charge in [0, 0.05) is 12.1 Å². The Morgan fingerprint density at radius 3 is 2.53 bits per heavy atom. The first-order valence-corrected chi connectivity index (χ1v) is 5.20. The first kappa shape index (κ1) is 13.5. The van der Waals surface area contributed by atoms with Crippen LogP contribution in [0.2, 0.25) is 0 Å². The van der Waals surface area contributed by atoms with Crippen LogP contribution in [0.4, 0.5) is 0 Å². The van der Waals surface area contributed by atoms with E-state index in [1.807, 2.05) is 0 Å². The summed E-state index contributed by atoms with van der Waals surface area (Å²) < 4.78 is 10.3. The van der Waals surface area contributed by atoms with Gasteiger partial charge < -0.3 is 20.3 Å². The van der Waals surface area contributed by atoms with E-state index in [1.54, 1.807) is 19.1 Å². The van der Waals surface area contributed by atoms with Crippen molar-refractivity contribution in [3.8, 4) is 11.5 Å². The lowest BCUT2D eigenvalue weighted by molar-refractivity contribution is 0.0759. The fourth-order valence-corrected chi connectivity index (χ4v) is 1.64. The molecule has 0 aliphatic rings. The number of methoxy groups -OCH3 is 2. The van der Waals surface area contributed by atoms with Gasteiger partial charge in [0.15, 0.2) is 5.78 Å². The molecule has 17 heavy (non-hydrogen) atoms. The van der Waals surface area contributed by atoms with Gasteiger partial charge in [-0.05, 0) is 19.1 Å². The molecule has 0 radical (unpaired) electrons. The minimum absolute atomic E-state index is 0.118. The van der Waals surface area contributed by atoms with Crippen LogP contribution in [0.5, 0.6) is 11.5 Å². The number of carbonyl (C=O) groups excluding carboxylic acids is 1. The van der Waals surface area contributed by atoms with Crippen molar-refractivity contribution < 1.29 is 19.4 Å². The quantitative estimate of drug-likeness (QED) is 0.732. The number of hydrogen-bond acceptors (Lipinski definition) is 5. The summed E-state index contributed by atoms with van der Waals surface area (Å²) in [5, 5.41) is 9.46. The van der Waals surface area contributed by atoms with Gasteiger partial charge in [-0.3, -0.25) is 4.79 Å². The molecule has 5 nitrogen and oxygen atoms in total. The molecule has 0 saturated carbocycles. The molecule has 94 valence electrons. The van der Waals surface area contributed by atoms with E-state index in [0.29, 0.717) is 22.6 Å². The molecule has 0 spiro atoms. The zero-order valence-corrected chi connectivity index (χ0v) is 10.2. The van der Waals surface area contributed by atoms with Crippen LogP contribution in [-0.2, 0) is 0 Å². The Morgan fingerprint density at radius 1 is 1.41 bits per heavy atom. The molecule has 0 bridgehead atoms. The van der Waals surface area contributed by atoms with Crippen LogP contribution in [0.1, 0.15) is 15.9 Å². The topological polar surface area (TPSA) is 81.8 Å². The first-order valence-electron chi connectivity index (χ1n) is 5.20. The van der Waals surface area contributed by atoms with Crippen LogP contribution >= 0.6 is 0 Å². The molecule has 0 aliphatic heterocycles. The van der Waals surface area contributed by atoms with Crippen molar-refractivity contribution in [2.45, 2.75) is 13.0 Å². The molecule has 1 aromatic carbocycles. The smallest absolute Gasteiger partial charge is 0.196 e. The second-order valence-corrected chi connectivity index (χ2v) is 3.59. The summed E-state index contributed by atoms with van der Waals surface area (Å²) in [6.07, 6.45) is -1.21. The van der Waals surface area contributed by atoms with Gasteiger partial charge in [-0.2, -0.15) is 0 Å². The summed E-state index contributed by atoms with van der Waals surface area (Å²) in [7, 11) is 3.01. The molecular weight excluding hydrogens is 222 g/mol. The van der Waals surface area contributed by atoms with E-state index in [9.17, 15) is 9.90 Å². The number of aliphatic hydroxyl groups excluding tert-OH is 1. The average molecular weight is 239 g/mol. The maximum Gasteiger partial charge on any atom is 0.196 e. The van der Waals surface area contributed by atoms with E-state index in [2.05, 4.69) is 0 Å². The summed E-state index contributed by atoms with van der Waals surface area (Å²) in [4.78, 5) is 11.9. The monoisotopic (exact) mass is 239 g/mol. The molecule has 0 fully saturated rings. The SMILES string of the molecule is COc1ccc(C(=O)C(O)CN)c(OC)c1C. The van der Waals surface area contributed by atoms with E-state index >= 15 is 0 Å². The number of ketones is 1. The van der Waals surface area contributed by atoms with Crippen molar-refractivity contribution in [1.29, 1.82) is 0 Å². The normalized spacial score (nSPS) is 12.1. The fourth-order valence-electron chi connectivity index (χ4n) is 1.64. The summed E-state index contributed by atoms with van der Waals surface area (Å²) in [6.45, 7) is 1.66. The predicted molar refractivity (Wildman–Crippen MR) is 63.7 cm³/mol. The molecule has 0 amide bonds. The van der Waals surface area contributed by atoms with E-state index in [4.69, 9.17) is 15.2 Å². The van der Waals surface area contributed by atoms with Crippen LogP contribution in [-0.4, -0.2) is 37.8 Å². The van der Waals surface area contributed by atoms with Crippen molar-refractivity contribution in [2.24, 2.45) is 5.73 Å². The third-order valence-electron chi connectivity index (χ3n) is 2.57. The van der Waals surface area contributed by atoms with E-state index in [1.165, 1.54) is 14.2 Å². The van der Waals surface area contributed by atoms with Gasteiger partial charge >= 0.3 is 0 Å². The molecule has 5 heteroatoms. The highest BCUT2D eigenvalue weighted by Gasteiger charge is 2.22. The van der Waals surface area contributed by atoms with Crippen LogP contribution < -0.4 is 15.2 Å². The van der Waals surface area contributed by atoms with Gasteiger partial charge in [0.05, 0.1) is 19.8 Å². The number of rotatable bonds is 5. The molecule has 1 rings (SSSR count). The minimum Gasteiger partial charge on any atom is -0.496 e. The lowest BCUT2D eigenvalue weighted by Gasteiger charge is -2.15. The summed E-state index contributed by atoms with van der Waals surface area (Å²) in [6, 6.07) is 3.22. The average Bonchev–Trinajstić information content (AvgIpc) is 2.36. The largest absolute Gasteiger partial charge is 0.496 e. The van der Waals surface area contributed by atoms with Crippen molar-refractivity contribution in [3.05, 3.63) is 23.3 Å². The molecular formula is C12H17NO4. The minimum atomic E-state index is -1.21. The third kappa shape index (κ3) is 2.57. The number of aliphatic hydroxyl groups is 1. The van der Waals surface area contributed by atoms with Gasteiger partial charge in [0.25, 0.3) is 0 Å². The molecule has 1 atom stereocenters. The summed E-state index contributed by atoms with van der Waals surface area (Å²) in [5.74, 6) is 0.581. The predicted octanol–water partition coefficient (Wildman–Crippen LogP) is 0.515. The third-order valence-corrected chi connectivity index (χ3v) is 2.57. The van der Waals surface area contributed by atoms with Crippen LogP contribution in [0.15, 0.2) is 12.1 Å². The number of ether oxygens (including phenoxy) is 2. The zero-order valence-electron chi connectivity index (χ0n) is 10.2. The fraction of sp³-hybridized carbons (Fsp3) is 0.417. The number of hydrogen-bond donors (Lipinski definition) is 2. The summed E-state index contributed by atoms with van der Waals surface area (Å²) in [5.41, 5.74) is 6.28. The van der Waals surface area contributed by atoms with Gasteiger partial charge in [-0.25, -0.2) is 0 Å². The Kier molecular flexibility index (Phi) is 4.48. The molecule has 1 unspecified atom stereocenters. The van der Waals surface area contributed by atoms with Crippen molar-refractivity contribution in [3.63, 3.8) is 0 Å². The Balaban J connectivity index is 3.26. The number of carbonyl (C=O) groups is 1. The maximum atomic E-state index is 11.9. The molecule has 0 saturated heterocycles. The molecule has 0 heterocycles. The van der Waals surface area contributed by atoms with Gasteiger partial charge in [0.2, 0.25) is 0 Å². The molecule has 0 aliphatic carbocycles. The zero-order chi connectivity index (χ0) is 13.0. The first-order chi connectivity index (χ1) is 8.06. The highest BCUT2D eigenvalue weighted by Crippen LogP contribution is 2.31. The van der Waals surface area contributed by atoms with Gasteiger partial charge in [-0.1, -0.05) is 0 Å². The Labute approximate surface area is 100 Å².